The summed E-state index contributed by atoms with van der Waals surface area (Å²) in [4.78, 5) is 12.0. The van der Waals surface area contributed by atoms with E-state index in [9.17, 15) is 13.2 Å². The number of benzene rings is 1. The van der Waals surface area contributed by atoms with Crippen LogP contribution in [0, 0.1) is 6.92 Å². The van der Waals surface area contributed by atoms with Crippen LogP contribution >= 0.6 is 11.8 Å². The van der Waals surface area contributed by atoms with E-state index in [4.69, 9.17) is 4.74 Å². The minimum atomic E-state index is -3.83. The Morgan fingerprint density at radius 2 is 1.95 bits per heavy atom. The second-order valence-corrected chi connectivity index (χ2v) is 6.85. The molecule has 0 bridgehead atoms. The van der Waals surface area contributed by atoms with E-state index in [0.29, 0.717) is 0 Å². The van der Waals surface area contributed by atoms with Crippen molar-refractivity contribution >= 4 is 27.8 Å². The van der Waals surface area contributed by atoms with Gasteiger partial charge in [0.05, 0.1) is 11.5 Å². The summed E-state index contributed by atoms with van der Waals surface area (Å²) in [6.45, 7) is 3.73. The molecule has 1 aliphatic heterocycles. The van der Waals surface area contributed by atoms with Crippen LogP contribution < -0.4 is 0 Å². The number of carbonyl (C=O) groups is 1. The maximum atomic E-state index is 12.6. The zero-order valence-corrected chi connectivity index (χ0v) is 13.3. The van der Waals surface area contributed by atoms with Crippen LogP contribution in [0.1, 0.15) is 12.5 Å². The topological polar surface area (TPSA) is 63.7 Å². The molecule has 0 aromatic heterocycles. The molecule has 21 heavy (non-hydrogen) atoms. The Bertz CT molecular complexity index is 690. The first kappa shape index (κ1) is 15.7. The molecule has 7 heteroatoms. The normalized spacial score (nSPS) is 14.8. The molecule has 112 valence electrons. The Balaban J connectivity index is 2.39. The molecular weight excluding hydrogens is 310 g/mol. The Morgan fingerprint density at radius 3 is 2.57 bits per heavy atom. The Labute approximate surface area is 128 Å². The number of aryl methyl sites for hydroxylation is 1. The van der Waals surface area contributed by atoms with E-state index in [2.05, 4.69) is 0 Å². The van der Waals surface area contributed by atoms with E-state index in [1.807, 2.05) is 6.92 Å². The van der Waals surface area contributed by atoms with Gasteiger partial charge in [0.15, 0.2) is 0 Å². The van der Waals surface area contributed by atoms with Crippen molar-refractivity contribution < 1.29 is 17.9 Å². The van der Waals surface area contributed by atoms with Gasteiger partial charge in [-0.2, -0.15) is 0 Å². The summed E-state index contributed by atoms with van der Waals surface area (Å²) in [6, 6.07) is 6.46. The second-order valence-electron chi connectivity index (χ2n) is 4.26. The summed E-state index contributed by atoms with van der Waals surface area (Å²) in [7, 11) is -3.83. The van der Waals surface area contributed by atoms with E-state index in [0.717, 1.165) is 9.87 Å². The average Bonchev–Trinajstić information content (AvgIpc) is 2.48. The maximum Gasteiger partial charge on any atom is 0.356 e. The van der Waals surface area contributed by atoms with Crippen LogP contribution in [0.4, 0.5) is 0 Å². The molecule has 0 aliphatic carbocycles. The molecule has 0 amide bonds. The molecule has 0 spiro atoms. The quantitative estimate of drug-likeness (QED) is 0.796. The number of hydrogen-bond donors (Lipinski definition) is 0. The van der Waals surface area contributed by atoms with Crippen LogP contribution in [0.25, 0.3) is 0 Å². The first-order chi connectivity index (χ1) is 9.96. The predicted octanol–water partition coefficient (Wildman–Crippen LogP) is 2.61. The lowest BCUT2D eigenvalue weighted by molar-refractivity contribution is -0.139. The van der Waals surface area contributed by atoms with Gasteiger partial charge in [-0.25, -0.2) is 17.5 Å². The summed E-state index contributed by atoms with van der Waals surface area (Å²) in [5.41, 5.74) is 0.949. The lowest BCUT2D eigenvalue weighted by Crippen LogP contribution is -2.31. The van der Waals surface area contributed by atoms with Crippen LogP contribution in [0.3, 0.4) is 0 Å². The molecule has 2 rings (SSSR count). The minimum absolute atomic E-state index is 0.00933. The largest absolute Gasteiger partial charge is 0.461 e. The third-order valence-electron chi connectivity index (χ3n) is 2.75. The van der Waals surface area contributed by atoms with E-state index in [-0.39, 0.29) is 17.2 Å². The molecule has 1 heterocycles. The maximum absolute atomic E-state index is 12.6. The third kappa shape index (κ3) is 3.30. The highest BCUT2D eigenvalue weighted by Crippen LogP contribution is 2.28. The highest BCUT2D eigenvalue weighted by molar-refractivity contribution is 8.05. The molecule has 1 aliphatic rings. The summed E-state index contributed by atoms with van der Waals surface area (Å²) in [5.74, 6) is -0.662. The Kier molecular flexibility index (Phi) is 4.74. The fourth-order valence-electron chi connectivity index (χ4n) is 1.70. The number of rotatable bonds is 4. The van der Waals surface area contributed by atoms with Crippen LogP contribution in [-0.2, 0) is 19.6 Å². The zero-order valence-electron chi connectivity index (χ0n) is 11.6. The van der Waals surface area contributed by atoms with Crippen molar-refractivity contribution in [2.45, 2.75) is 18.7 Å². The monoisotopic (exact) mass is 325 g/mol. The van der Waals surface area contributed by atoms with Gasteiger partial charge in [0.25, 0.3) is 10.0 Å². The molecule has 0 unspecified atom stereocenters. The number of ether oxygens (including phenoxy) is 1. The van der Waals surface area contributed by atoms with Crippen molar-refractivity contribution in [2.24, 2.45) is 0 Å². The van der Waals surface area contributed by atoms with Crippen molar-refractivity contribution in [3.8, 4) is 0 Å². The van der Waals surface area contributed by atoms with E-state index < -0.39 is 16.0 Å². The molecule has 0 saturated heterocycles. The molecule has 1 aromatic carbocycles. The standard InChI is InChI=1S/C14H15NO4S2/c1-3-19-14(16)13-10-20-9-8-15(13)21(17,18)12-6-4-11(2)5-7-12/h4-10H,3H2,1-2H3. The molecule has 0 atom stereocenters. The van der Waals surface area contributed by atoms with E-state index >= 15 is 0 Å². The fourth-order valence-corrected chi connectivity index (χ4v) is 3.77. The summed E-state index contributed by atoms with van der Waals surface area (Å²) in [6.07, 6.45) is 1.35. The van der Waals surface area contributed by atoms with Gasteiger partial charge in [-0.15, -0.1) is 11.8 Å². The molecule has 5 nitrogen and oxygen atoms in total. The highest BCUT2D eigenvalue weighted by Gasteiger charge is 2.30. The number of nitrogens with zero attached hydrogens (tertiary/aromatic N) is 1. The lowest BCUT2D eigenvalue weighted by atomic mass is 10.2. The Morgan fingerprint density at radius 1 is 1.29 bits per heavy atom. The van der Waals surface area contributed by atoms with Gasteiger partial charge in [-0.1, -0.05) is 17.7 Å². The summed E-state index contributed by atoms with van der Waals surface area (Å²) in [5, 5.41) is 3.05. The van der Waals surface area contributed by atoms with Gasteiger partial charge in [0.2, 0.25) is 0 Å². The molecule has 0 fully saturated rings. The number of thioether (sulfide) groups is 1. The Hall–Kier alpha value is -1.73. The van der Waals surface area contributed by atoms with Gasteiger partial charge in [-0.05, 0) is 31.4 Å². The number of esters is 1. The summed E-state index contributed by atoms with van der Waals surface area (Å²) >= 11 is 1.23. The molecule has 0 radical (unpaired) electrons. The van der Waals surface area contributed by atoms with Crippen molar-refractivity contribution in [1.82, 2.24) is 4.31 Å². The first-order valence-electron chi connectivity index (χ1n) is 6.27. The highest BCUT2D eigenvalue weighted by atomic mass is 32.2. The van der Waals surface area contributed by atoms with Crippen molar-refractivity contribution in [2.75, 3.05) is 6.61 Å². The van der Waals surface area contributed by atoms with E-state index in [1.165, 1.54) is 35.5 Å². The SMILES string of the molecule is CCOC(=O)C1=CSC=CN1S(=O)(=O)c1ccc(C)cc1. The van der Waals surface area contributed by atoms with Gasteiger partial charge in [0, 0.05) is 11.6 Å². The molecule has 0 N–H and O–H groups in total. The van der Waals surface area contributed by atoms with Gasteiger partial charge in [-0.3, -0.25) is 0 Å². The third-order valence-corrected chi connectivity index (χ3v) is 5.10. The number of carbonyl (C=O) groups excluding carboxylic acids is 1. The van der Waals surface area contributed by atoms with Crippen LogP contribution in [-0.4, -0.2) is 25.3 Å². The van der Waals surface area contributed by atoms with Gasteiger partial charge >= 0.3 is 5.97 Å². The van der Waals surface area contributed by atoms with Crippen molar-refractivity contribution in [1.29, 1.82) is 0 Å². The average molecular weight is 325 g/mol. The number of sulfonamides is 1. The molecule has 0 saturated carbocycles. The van der Waals surface area contributed by atoms with Gasteiger partial charge < -0.3 is 4.74 Å². The van der Waals surface area contributed by atoms with E-state index in [1.54, 1.807) is 24.5 Å². The fraction of sp³-hybridized carbons (Fsp3) is 0.214. The zero-order chi connectivity index (χ0) is 15.5. The summed E-state index contributed by atoms with van der Waals surface area (Å²) < 4.78 is 31.1. The minimum Gasteiger partial charge on any atom is -0.461 e. The molecular formula is C14H15NO4S2. The first-order valence-corrected chi connectivity index (χ1v) is 8.65. The predicted molar refractivity (Wildman–Crippen MR) is 81.7 cm³/mol. The lowest BCUT2D eigenvalue weighted by Gasteiger charge is -2.23. The van der Waals surface area contributed by atoms with Crippen LogP contribution in [0.15, 0.2) is 51.9 Å². The van der Waals surface area contributed by atoms with Crippen molar-refractivity contribution in [3.05, 3.63) is 52.5 Å². The van der Waals surface area contributed by atoms with Crippen LogP contribution in [0.2, 0.25) is 0 Å². The van der Waals surface area contributed by atoms with Crippen LogP contribution in [0.5, 0.6) is 0 Å². The number of hydrogen-bond acceptors (Lipinski definition) is 5. The molecule has 1 aromatic rings. The van der Waals surface area contributed by atoms with Crippen molar-refractivity contribution in [3.63, 3.8) is 0 Å². The van der Waals surface area contributed by atoms with Gasteiger partial charge in [0.1, 0.15) is 5.70 Å². The smallest absolute Gasteiger partial charge is 0.356 e. The second kappa shape index (κ2) is 6.36.